The number of carbonyl (C=O) groups excluding carboxylic acids is 1. The molecule has 1 amide bonds. The molecule has 2 fully saturated rings. The van der Waals surface area contributed by atoms with Gasteiger partial charge in [-0.3, -0.25) is 4.79 Å². The van der Waals surface area contributed by atoms with Crippen molar-refractivity contribution in [2.75, 3.05) is 19.6 Å². The molecule has 2 aliphatic rings. The topological polar surface area (TPSA) is 32.3 Å². The van der Waals surface area contributed by atoms with E-state index in [1.165, 1.54) is 32.1 Å². The van der Waals surface area contributed by atoms with Crippen LogP contribution in [0.25, 0.3) is 0 Å². The van der Waals surface area contributed by atoms with E-state index in [0.717, 1.165) is 38.5 Å². The molecule has 1 aliphatic carbocycles. The SMILES string of the molecule is CC(CNC1CC1)CN1CCCCCCC1=O. The Morgan fingerprint density at radius 2 is 2.06 bits per heavy atom. The molecule has 0 spiro atoms. The zero-order valence-corrected chi connectivity index (χ0v) is 11.1. The minimum absolute atomic E-state index is 0.378. The lowest BCUT2D eigenvalue weighted by molar-refractivity contribution is -0.132. The molecule has 0 bridgehead atoms. The van der Waals surface area contributed by atoms with Gasteiger partial charge in [0.1, 0.15) is 0 Å². The molecule has 1 N–H and O–H groups in total. The second-order valence-corrected chi connectivity index (χ2v) is 5.79. The predicted molar refractivity (Wildman–Crippen MR) is 69.9 cm³/mol. The number of hydrogen-bond acceptors (Lipinski definition) is 2. The van der Waals surface area contributed by atoms with E-state index in [2.05, 4.69) is 17.1 Å². The molecule has 3 heteroatoms. The monoisotopic (exact) mass is 238 g/mol. The van der Waals surface area contributed by atoms with Gasteiger partial charge in [-0.25, -0.2) is 0 Å². The highest BCUT2D eigenvalue weighted by atomic mass is 16.2. The van der Waals surface area contributed by atoms with Crippen molar-refractivity contribution in [2.24, 2.45) is 5.92 Å². The predicted octanol–water partition coefficient (Wildman–Crippen LogP) is 2.17. The van der Waals surface area contributed by atoms with Gasteiger partial charge in [0.25, 0.3) is 0 Å². The average molecular weight is 238 g/mol. The lowest BCUT2D eigenvalue weighted by Gasteiger charge is -2.27. The number of hydrogen-bond donors (Lipinski definition) is 1. The van der Waals surface area contributed by atoms with E-state index >= 15 is 0 Å². The molecule has 17 heavy (non-hydrogen) atoms. The van der Waals surface area contributed by atoms with E-state index in [0.29, 0.717) is 11.8 Å². The van der Waals surface area contributed by atoms with Crippen LogP contribution in [0.4, 0.5) is 0 Å². The molecule has 2 rings (SSSR count). The first-order valence-corrected chi connectivity index (χ1v) is 7.27. The van der Waals surface area contributed by atoms with Crippen LogP contribution >= 0.6 is 0 Å². The van der Waals surface area contributed by atoms with E-state index in [4.69, 9.17) is 0 Å². The molecular formula is C14H26N2O. The first-order chi connectivity index (χ1) is 8.25. The first-order valence-electron chi connectivity index (χ1n) is 7.27. The highest BCUT2D eigenvalue weighted by molar-refractivity contribution is 5.76. The first kappa shape index (κ1) is 12.9. The summed E-state index contributed by atoms with van der Waals surface area (Å²) in [7, 11) is 0. The average Bonchev–Trinajstić information content (AvgIpc) is 3.10. The van der Waals surface area contributed by atoms with E-state index in [9.17, 15) is 4.79 Å². The van der Waals surface area contributed by atoms with Crippen LogP contribution in [0.5, 0.6) is 0 Å². The van der Waals surface area contributed by atoms with Crippen molar-refractivity contribution in [2.45, 2.75) is 57.9 Å². The van der Waals surface area contributed by atoms with Crippen molar-refractivity contribution < 1.29 is 4.79 Å². The van der Waals surface area contributed by atoms with Gasteiger partial charge in [-0.05, 0) is 38.1 Å². The van der Waals surface area contributed by atoms with Crippen LogP contribution in [-0.4, -0.2) is 36.5 Å². The van der Waals surface area contributed by atoms with E-state index in [1.807, 2.05) is 0 Å². The van der Waals surface area contributed by atoms with Crippen LogP contribution in [0.3, 0.4) is 0 Å². The van der Waals surface area contributed by atoms with Crippen molar-refractivity contribution >= 4 is 5.91 Å². The lowest BCUT2D eigenvalue weighted by atomic mass is 10.1. The Morgan fingerprint density at radius 1 is 1.29 bits per heavy atom. The Morgan fingerprint density at radius 3 is 2.82 bits per heavy atom. The summed E-state index contributed by atoms with van der Waals surface area (Å²) in [5, 5.41) is 3.55. The molecule has 1 heterocycles. The molecule has 0 aromatic carbocycles. The standard InChI is InChI=1S/C14H26N2O/c1-12(10-15-13-7-8-13)11-16-9-5-3-2-4-6-14(16)17/h12-13,15H,2-11H2,1H3. The number of nitrogens with one attached hydrogen (secondary N) is 1. The summed E-state index contributed by atoms with van der Waals surface area (Å²) in [6.45, 7) is 5.24. The van der Waals surface area contributed by atoms with Crippen molar-refractivity contribution in [1.29, 1.82) is 0 Å². The summed E-state index contributed by atoms with van der Waals surface area (Å²) in [4.78, 5) is 14.1. The molecule has 3 nitrogen and oxygen atoms in total. The van der Waals surface area contributed by atoms with Crippen LogP contribution in [0.15, 0.2) is 0 Å². The molecule has 0 aromatic rings. The molecule has 0 aromatic heterocycles. The number of rotatable bonds is 5. The third-order valence-corrected chi connectivity index (χ3v) is 3.79. The fourth-order valence-corrected chi connectivity index (χ4v) is 2.50. The van der Waals surface area contributed by atoms with Gasteiger partial charge in [0, 0.05) is 25.6 Å². The zero-order chi connectivity index (χ0) is 12.1. The molecule has 1 saturated carbocycles. The number of amides is 1. The lowest BCUT2D eigenvalue weighted by Crippen LogP contribution is -2.39. The van der Waals surface area contributed by atoms with E-state index in [1.54, 1.807) is 0 Å². The van der Waals surface area contributed by atoms with Crippen LogP contribution in [0.1, 0.15) is 51.9 Å². The number of carbonyl (C=O) groups is 1. The van der Waals surface area contributed by atoms with Gasteiger partial charge in [0.05, 0.1) is 0 Å². The Kier molecular flexibility index (Phi) is 4.84. The number of likely N-dealkylation sites (tertiary alicyclic amines) is 1. The smallest absolute Gasteiger partial charge is 0.222 e. The second-order valence-electron chi connectivity index (χ2n) is 5.79. The maximum Gasteiger partial charge on any atom is 0.222 e. The third-order valence-electron chi connectivity index (χ3n) is 3.79. The molecule has 98 valence electrons. The Bertz CT molecular complexity index is 251. The molecular weight excluding hydrogens is 212 g/mol. The molecule has 1 atom stereocenters. The Balaban J connectivity index is 1.71. The van der Waals surface area contributed by atoms with Crippen LogP contribution in [0.2, 0.25) is 0 Å². The molecule has 1 aliphatic heterocycles. The van der Waals surface area contributed by atoms with Gasteiger partial charge in [-0.15, -0.1) is 0 Å². The summed E-state index contributed by atoms with van der Waals surface area (Å²) < 4.78 is 0. The summed E-state index contributed by atoms with van der Waals surface area (Å²) >= 11 is 0. The zero-order valence-electron chi connectivity index (χ0n) is 11.1. The fourth-order valence-electron chi connectivity index (χ4n) is 2.50. The quantitative estimate of drug-likeness (QED) is 0.796. The van der Waals surface area contributed by atoms with Crippen molar-refractivity contribution in [3.63, 3.8) is 0 Å². The molecule has 1 saturated heterocycles. The summed E-state index contributed by atoms with van der Waals surface area (Å²) in [5.74, 6) is 0.960. The molecule has 1 unspecified atom stereocenters. The maximum atomic E-state index is 12.0. The van der Waals surface area contributed by atoms with E-state index in [-0.39, 0.29) is 0 Å². The van der Waals surface area contributed by atoms with Crippen molar-refractivity contribution in [1.82, 2.24) is 10.2 Å². The Labute approximate surface area is 105 Å². The second kappa shape index (κ2) is 6.39. The van der Waals surface area contributed by atoms with Gasteiger partial charge < -0.3 is 10.2 Å². The van der Waals surface area contributed by atoms with Gasteiger partial charge in [0.2, 0.25) is 5.91 Å². The fraction of sp³-hybridized carbons (Fsp3) is 0.929. The number of nitrogens with zero attached hydrogens (tertiary/aromatic N) is 1. The van der Waals surface area contributed by atoms with Gasteiger partial charge >= 0.3 is 0 Å². The largest absolute Gasteiger partial charge is 0.342 e. The highest BCUT2D eigenvalue weighted by Gasteiger charge is 2.22. The van der Waals surface area contributed by atoms with E-state index < -0.39 is 0 Å². The van der Waals surface area contributed by atoms with Gasteiger partial charge in [-0.1, -0.05) is 19.8 Å². The minimum atomic E-state index is 0.378. The van der Waals surface area contributed by atoms with Crippen molar-refractivity contribution in [3.8, 4) is 0 Å². The van der Waals surface area contributed by atoms with Crippen molar-refractivity contribution in [3.05, 3.63) is 0 Å². The van der Waals surface area contributed by atoms with Gasteiger partial charge in [0.15, 0.2) is 0 Å². The van der Waals surface area contributed by atoms with Crippen LogP contribution in [0, 0.1) is 5.92 Å². The van der Waals surface area contributed by atoms with Crippen LogP contribution < -0.4 is 5.32 Å². The highest BCUT2D eigenvalue weighted by Crippen LogP contribution is 2.19. The Hall–Kier alpha value is -0.570. The molecule has 0 radical (unpaired) electrons. The normalized spacial score (nSPS) is 24.3. The maximum absolute atomic E-state index is 12.0. The van der Waals surface area contributed by atoms with Gasteiger partial charge in [-0.2, -0.15) is 0 Å². The summed E-state index contributed by atoms with van der Waals surface area (Å²) in [6.07, 6.45) is 8.25. The van der Waals surface area contributed by atoms with Crippen LogP contribution in [-0.2, 0) is 4.79 Å². The summed E-state index contributed by atoms with van der Waals surface area (Å²) in [6, 6.07) is 0.778. The minimum Gasteiger partial charge on any atom is -0.342 e. The third kappa shape index (κ3) is 4.66. The summed E-state index contributed by atoms with van der Waals surface area (Å²) in [5.41, 5.74) is 0.